The summed E-state index contributed by atoms with van der Waals surface area (Å²) in [6.45, 7) is 17.6. The largest absolute Gasteiger partial charge is 0.396 e. The molecule has 0 spiro atoms. The summed E-state index contributed by atoms with van der Waals surface area (Å²) in [6, 6.07) is 18.7. The molecular weight excluding hydrogens is 1040 g/mol. The molecule has 6 N–H and O–H groups in total. The number of amides is 2. The van der Waals surface area contributed by atoms with Gasteiger partial charge in [-0.3, -0.25) is 14.5 Å². The number of piperidine rings is 1. The number of aliphatic hydroxyl groups excluding tert-OH is 2. The summed E-state index contributed by atoms with van der Waals surface area (Å²) in [5.74, 6) is 1.89. The van der Waals surface area contributed by atoms with Crippen LogP contribution < -0.4 is 31.1 Å². The topological polar surface area (TPSA) is 228 Å². The van der Waals surface area contributed by atoms with E-state index in [1.807, 2.05) is 75.8 Å². The Hall–Kier alpha value is -6.50. The molecule has 3 aliphatic heterocycles. The molecule has 22 heteroatoms. The van der Waals surface area contributed by atoms with Crippen molar-refractivity contribution in [3.8, 4) is 10.4 Å². The third-order valence-electron chi connectivity index (χ3n) is 14.9. The van der Waals surface area contributed by atoms with Crippen molar-refractivity contribution in [2.75, 3.05) is 126 Å². The first-order chi connectivity index (χ1) is 38.8. The molecule has 0 unspecified atom stereocenters. The first-order valence-electron chi connectivity index (χ1n) is 27.8. The number of thiazole rings is 1. The number of fused-ring (bicyclic) bond motifs is 1. The van der Waals surface area contributed by atoms with Crippen LogP contribution in [0.15, 0.2) is 84.6 Å². The first kappa shape index (κ1) is 58.2. The second-order valence-corrected chi connectivity index (χ2v) is 22.6. The van der Waals surface area contributed by atoms with Crippen molar-refractivity contribution < 1.29 is 38.4 Å². The fourth-order valence-electron chi connectivity index (χ4n) is 10.3. The van der Waals surface area contributed by atoms with Crippen LogP contribution in [-0.4, -0.2) is 180 Å². The van der Waals surface area contributed by atoms with Crippen LogP contribution in [0.5, 0.6) is 0 Å². The SMILES string of the molecule is Cc1ncsc1-c1ccc(CNC(=O)[C@@H]2C[C@@H](O)CN2C(=O)[C@@H](NCCOCCOCCOCCN2CCN(c3ccc(Nc4cc5c(N6CCC(CO)CC6)nc(Nc6ccc(F)cc6)nc5cn4)nc3)CC2)C(C)(C)C)cc1. The summed E-state index contributed by atoms with van der Waals surface area (Å²) in [4.78, 5) is 60.5. The van der Waals surface area contributed by atoms with E-state index in [2.05, 4.69) is 52.0 Å². The Morgan fingerprint density at radius 1 is 0.812 bits per heavy atom. The number of carbonyl (C=O) groups is 2. The molecular formula is C58H76FN13O7S. The zero-order valence-corrected chi connectivity index (χ0v) is 47.1. The van der Waals surface area contributed by atoms with Gasteiger partial charge in [-0.25, -0.2) is 24.3 Å². The van der Waals surface area contributed by atoms with E-state index in [4.69, 9.17) is 29.2 Å². The predicted octanol–water partition coefficient (Wildman–Crippen LogP) is 6.14. The van der Waals surface area contributed by atoms with E-state index in [0.717, 1.165) is 97.2 Å². The molecule has 3 fully saturated rings. The van der Waals surface area contributed by atoms with Crippen LogP contribution in [0.2, 0.25) is 0 Å². The molecule has 7 heterocycles. The summed E-state index contributed by atoms with van der Waals surface area (Å²) in [6.07, 6.45) is 4.73. The van der Waals surface area contributed by atoms with Crippen molar-refractivity contribution in [2.45, 2.75) is 71.7 Å². The molecule has 0 bridgehead atoms. The van der Waals surface area contributed by atoms with Crippen LogP contribution in [0.4, 0.5) is 39.2 Å². The molecule has 2 aromatic carbocycles. The molecule has 2 amide bonds. The van der Waals surface area contributed by atoms with Gasteiger partial charge in [-0.2, -0.15) is 4.98 Å². The van der Waals surface area contributed by atoms with E-state index in [1.54, 1.807) is 29.7 Å². The number of aliphatic hydroxyl groups is 2. The van der Waals surface area contributed by atoms with Crippen LogP contribution in [0.25, 0.3) is 21.3 Å². The number of halogens is 1. The van der Waals surface area contributed by atoms with Gasteiger partial charge in [-0.05, 0) is 84.7 Å². The summed E-state index contributed by atoms with van der Waals surface area (Å²) >= 11 is 1.59. The maximum atomic E-state index is 14.0. The van der Waals surface area contributed by atoms with Gasteiger partial charge < -0.3 is 60.4 Å². The number of likely N-dealkylation sites (tertiary alicyclic amines) is 1. The van der Waals surface area contributed by atoms with E-state index in [-0.39, 0.29) is 43.1 Å². The molecule has 9 rings (SSSR count). The second kappa shape index (κ2) is 27.8. The second-order valence-electron chi connectivity index (χ2n) is 21.7. The highest BCUT2D eigenvalue weighted by Gasteiger charge is 2.44. The quantitative estimate of drug-likeness (QED) is 0.0354. The average molecular weight is 1120 g/mol. The third-order valence-corrected chi connectivity index (χ3v) is 15.9. The number of benzene rings is 2. The number of hydrogen-bond acceptors (Lipinski definition) is 19. The number of pyridine rings is 2. The molecule has 3 saturated heterocycles. The zero-order chi connectivity index (χ0) is 56.0. The van der Waals surface area contributed by atoms with Crippen molar-refractivity contribution >= 4 is 68.8 Å². The highest BCUT2D eigenvalue weighted by atomic mass is 32.1. The van der Waals surface area contributed by atoms with Crippen molar-refractivity contribution in [1.82, 2.24) is 45.4 Å². The number of aromatic nitrogens is 5. The minimum atomic E-state index is -0.783. The van der Waals surface area contributed by atoms with Gasteiger partial charge in [0.05, 0.1) is 91.5 Å². The summed E-state index contributed by atoms with van der Waals surface area (Å²) in [5, 5.41) is 34.1. The van der Waals surface area contributed by atoms with E-state index >= 15 is 0 Å². The minimum absolute atomic E-state index is 0.1000. The summed E-state index contributed by atoms with van der Waals surface area (Å²) in [5.41, 5.74) is 6.76. The number of rotatable bonds is 25. The fraction of sp³-hybridized carbons (Fsp3) is 0.500. The number of ether oxygens (including phenoxy) is 3. The van der Waals surface area contributed by atoms with Crippen molar-refractivity contribution in [1.29, 1.82) is 0 Å². The molecule has 6 aromatic rings. The van der Waals surface area contributed by atoms with Gasteiger partial charge in [0.15, 0.2) is 0 Å². The lowest BCUT2D eigenvalue weighted by atomic mass is 9.85. The normalized spacial score (nSPS) is 17.8. The third kappa shape index (κ3) is 15.7. The highest BCUT2D eigenvalue weighted by Crippen LogP contribution is 2.33. The number of anilines is 6. The van der Waals surface area contributed by atoms with E-state index in [9.17, 15) is 24.2 Å². The van der Waals surface area contributed by atoms with Gasteiger partial charge >= 0.3 is 0 Å². The lowest BCUT2D eigenvalue weighted by Crippen LogP contribution is -2.57. The van der Waals surface area contributed by atoms with Gasteiger partial charge in [0.1, 0.15) is 29.3 Å². The van der Waals surface area contributed by atoms with Crippen molar-refractivity contribution in [3.63, 3.8) is 0 Å². The Bertz CT molecular complexity index is 2940. The Labute approximate surface area is 471 Å². The monoisotopic (exact) mass is 1120 g/mol. The van der Waals surface area contributed by atoms with E-state index in [0.29, 0.717) is 81.5 Å². The number of nitrogens with zero attached hydrogens (tertiary/aromatic N) is 9. The van der Waals surface area contributed by atoms with Gasteiger partial charge in [-0.1, -0.05) is 45.0 Å². The Balaban J connectivity index is 0.635. The Kier molecular flexibility index (Phi) is 20.2. The lowest BCUT2D eigenvalue weighted by Gasteiger charge is -2.35. The molecule has 4 aromatic heterocycles. The van der Waals surface area contributed by atoms with Gasteiger partial charge in [0, 0.05) is 89.5 Å². The molecule has 80 heavy (non-hydrogen) atoms. The summed E-state index contributed by atoms with van der Waals surface area (Å²) < 4.78 is 31.1. The summed E-state index contributed by atoms with van der Waals surface area (Å²) in [7, 11) is 0. The van der Waals surface area contributed by atoms with Gasteiger partial charge in [0.25, 0.3) is 0 Å². The lowest BCUT2D eigenvalue weighted by molar-refractivity contribution is -0.142. The van der Waals surface area contributed by atoms with Crippen LogP contribution in [-0.2, 0) is 30.3 Å². The fourth-order valence-corrected chi connectivity index (χ4v) is 11.1. The molecule has 20 nitrogen and oxygen atoms in total. The maximum absolute atomic E-state index is 14.0. The van der Waals surface area contributed by atoms with Crippen LogP contribution in [0, 0.1) is 24.1 Å². The predicted molar refractivity (Wildman–Crippen MR) is 309 cm³/mol. The van der Waals surface area contributed by atoms with E-state index < -0.39 is 23.6 Å². The number of nitrogens with one attached hydrogen (secondary N) is 4. The number of aryl methyl sites for hydroxylation is 1. The standard InChI is InChI=1S/C58H76FN13O7S/c1-39-52(80-38-64-39)42-7-5-40(6-8-42)33-63-55(75)49-31-46(74)36-72(49)56(76)53(58(2,3)4)60-17-25-77-27-29-79-30-28-78-26-24-69-20-22-70(23-21-69)45-13-14-50(61-34-45)67-51-32-47-48(35-62-51)66-57(65-44-11-9-43(59)10-12-44)68-54(47)71-18-15-41(37-73)16-19-71/h5-14,32,34-35,38,41,46,49,53,60,73-74H,15-31,33,36-37H2,1-4H3,(H,63,75)(H,61,62,67)(H,65,66,68)/t46-,49+,53-/m1/s1. The van der Waals surface area contributed by atoms with E-state index in [1.165, 1.54) is 17.0 Å². The smallest absolute Gasteiger partial charge is 0.243 e. The molecule has 3 aliphatic rings. The highest BCUT2D eigenvalue weighted by molar-refractivity contribution is 7.13. The van der Waals surface area contributed by atoms with Crippen molar-refractivity contribution in [2.24, 2.45) is 11.3 Å². The van der Waals surface area contributed by atoms with Crippen LogP contribution in [0.3, 0.4) is 0 Å². The number of β-amino-alcohol motifs (C(OH)–C–C–N with tert-alkyl or cyclic N) is 1. The van der Waals surface area contributed by atoms with Gasteiger partial charge in [-0.15, -0.1) is 11.3 Å². The number of carbonyl (C=O) groups excluding carboxylic acids is 2. The Morgan fingerprint density at radius 3 is 2.20 bits per heavy atom. The molecule has 0 radical (unpaired) electrons. The molecule has 3 atom stereocenters. The zero-order valence-electron chi connectivity index (χ0n) is 46.3. The molecule has 428 valence electrons. The van der Waals surface area contributed by atoms with Crippen molar-refractivity contribution in [3.05, 3.63) is 102 Å². The van der Waals surface area contributed by atoms with Crippen LogP contribution in [0.1, 0.15) is 51.3 Å². The average Bonchev–Trinajstić information content (AvgIpc) is 4.14. The van der Waals surface area contributed by atoms with Crippen LogP contribution >= 0.6 is 11.3 Å². The number of piperazine rings is 1. The maximum Gasteiger partial charge on any atom is 0.243 e. The minimum Gasteiger partial charge on any atom is -0.396 e. The van der Waals surface area contributed by atoms with Gasteiger partial charge in [0.2, 0.25) is 17.8 Å². The first-order valence-corrected chi connectivity index (χ1v) is 28.6. The number of hydrogen-bond donors (Lipinski definition) is 6. The Morgan fingerprint density at radius 2 is 1.52 bits per heavy atom. The molecule has 0 saturated carbocycles. The molecule has 0 aliphatic carbocycles.